The van der Waals surface area contributed by atoms with E-state index in [-0.39, 0.29) is 13.1 Å². The van der Waals surface area contributed by atoms with Gasteiger partial charge >= 0.3 is 12.0 Å². The van der Waals surface area contributed by atoms with Gasteiger partial charge in [0.15, 0.2) is 0 Å². The first-order valence-electron chi connectivity index (χ1n) is 8.13. The third kappa shape index (κ3) is 3.56. The number of hydrogen-bond acceptors (Lipinski definition) is 7. The number of nitrogens with zero attached hydrogens (tertiary/aromatic N) is 1. The van der Waals surface area contributed by atoms with Crippen LogP contribution in [0.5, 0.6) is 11.5 Å². The van der Waals surface area contributed by atoms with E-state index in [9.17, 15) is 14.7 Å². The number of nitrogens with one attached hydrogen (secondary N) is 1. The molecule has 1 aromatic heterocycles. The van der Waals surface area contributed by atoms with Crippen LogP contribution in [0.2, 0.25) is 0 Å². The number of carbonyl (C=O) groups is 2. The third-order valence-electron chi connectivity index (χ3n) is 4.35. The number of carbonyl (C=O) groups excluding carboxylic acids is 2. The topological polar surface area (TPSA) is 97.3 Å². The summed E-state index contributed by atoms with van der Waals surface area (Å²) < 4.78 is 15.4. The SMILES string of the molecule is COC(=O)c1sccc1NC(=O)N1Cc2c(OC)ccc(OC)c2[C@@H](O)C1. The Bertz CT molecular complexity index is 866. The highest BCUT2D eigenvalue weighted by Gasteiger charge is 2.32. The summed E-state index contributed by atoms with van der Waals surface area (Å²) in [6.45, 7) is 0.316. The minimum atomic E-state index is -0.924. The molecule has 0 bridgehead atoms. The third-order valence-corrected chi connectivity index (χ3v) is 5.25. The number of β-amino-alcohol motifs (C(OH)–C–C–N with tert-alkyl or cyclic N) is 1. The lowest BCUT2D eigenvalue weighted by Gasteiger charge is -2.33. The standard InChI is InChI=1S/C18H20N2O6S/c1-24-13-4-5-14(25-2)15-10(13)8-20(9-12(15)21)18(23)19-11-6-7-27-16(11)17(22)26-3/h4-7,12,21H,8-9H2,1-3H3,(H,19,23)/t12-/m0/s1. The number of aliphatic hydroxyl groups is 1. The summed E-state index contributed by atoms with van der Waals surface area (Å²) >= 11 is 1.18. The van der Waals surface area contributed by atoms with E-state index in [1.165, 1.54) is 37.6 Å². The number of urea groups is 1. The summed E-state index contributed by atoms with van der Waals surface area (Å²) in [6.07, 6.45) is -0.924. The van der Waals surface area contributed by atoms with Crippen LogP contribution in [-0.2, 0) is 11.3 Å². The Morgan fingerprint density at radius 1 is 1.19 bits per heavy atom. The van der Waals surface area contributed by atoms with Crippen LogP contribution >= 0.6 is 11.3 Å². The number of rotatable bonds is 4. The van der Waals surface area contributed by atoms with Crippen molar-refractivity contribution in [3.8, 4) is 11.5 Å². The van der Waals surface area contributed by atoms with E-state index in [2.05, 4.69) is 5.32 Å². The Morgan fingerprint density at radius 2 is 1.89 bits per heavy atom. The number of thiophene rings is 1. The van der Waals surface area contributed by atoms with Crippen molar-refractivity contribution in [1.82, 2.24) is 4.90 Å². The van der Waals surface area contributed by atoms with Gasteiger partial charge in [-0.25, -0.2) is 9.59 Å². The fourth-order valence-corrected chi connectivity index (χ4v) is 3.85. The van der Waals surface area contributed by atoms with Gasteiger partial charge in [-0.15, -0.1) is 11.3 Å². The van der Waals surface area contributed by atoms with Gasteiger partial charge in [-0.3, -0.25) is 0 Å². The van der Waals surface area contributed by atoms with Gasteiger partial charge in [-0.1, -0.05) is 0 Å². The van der Waals surface area contributed by atoms with Gasteiger partial charge in [-0.05, 0) is 23.6 Å². The Balaban J connectivity index is 1.85. The van der Waals surface area contributed by atoms with E-state index < -0.39 is 18.1 Å². The summed E-state index contributed by atoms with van der Waals surface area (Å²) in [7, 11) is 4.34. The predicted octanol–water partition coefficient (Wildman–Crippen LogP) is 2.63. The van der Waals surface area contributed by atoms with Crippen molar-refractivity contribution in [3.63, 3.8) is 0 Å². The Morgan fingerprint density at radius 3 is 2.56 bits per heavy atom. The molecule has 1 atom stereocenters. The van der Waals surface area contributed by atoms with Gasteiger partial charge in [0.1, 0.15) is 22.5 Å². The van der Waals surface area contributed by atoms with Crippen molar-refractivity contribution >= 4 is 29.0 Å². The number of fused-ring (bicyclic) bond motifs is 1. The van der Waals surface area contributed by atoms with E-state index >= 15 is 0 Å². The van der Waals surface area contributed by atoms with Crippen LogP contribution in [0.15, 0.2) is 23.6 Å². The van der Waals surface area contributed by atoms with Crippen LogP contribution in [0.4, 0.5) is 10.5 Å². The molecule has 27 heavy (non-hydrogen) atoms. The van der Waals surface area contributed by atoms with Crippen molar-refractivity contribution in [1.29, 1.82) is 0 Å². The molecular formula is C18H20N2O6S. The number of aliphatic hydroxyl groups excluding tert-OH is 1. The maximum absolute atomic E-state index is 12.7. The second-order valence-corrected chi connectivity index (χ2v) is 6.76. The Hall–Kier alpha value is -2.78. The maximum Gasteiger partial charge on any atom is 0.350 e. The van der Waals surface area contributed by atoms with Crippen LogP contribution < -0.4 is 14.8 Å². The van der Waals surface area contributed by atoms with Crippen molar-refractivity contribution in [2.75, 3.05) is 33.2 Å². The first-order valence-corrected chi connectivity index (χ1v) is 9.01. The average Bonchev–Trinajstić information content (AvgIpc) is 3.14. The molecule has 8 nitrogen and oxygen atoms in total. The molecule has 0 saturated heterocycles. The monoisotopic (exact) mass is 392 g/mol. The van der Waals surface area contributed by atoms with Crippen LogP contribution in [0.3, 0.4) is 0 Å². The Kier molecular flexibility index (Phi) is 5.52. The zero-order chi connectivity index (χ0) is 19.6. The molecule has 0 aliphatic carbocycles. The highest BCUT2D eigenvalue weighted by molar-refractivity contribution is 7.12. The summed E-state index contributed by atoms with van der Waals surface area (Å²) in [4.78, 5) is 26.3. The average molecular weight is 392 g/mol. The molecule has 0 saturated carbocycles. The molecule has 0 radical (unpaired) electrons. The van der Waals surface area contributed by atoms with Gasteiger partial charge in [0, 0.05) is 11.1 Å². The zero-order valence-electron chi connectivity index (χ0n) is 15.1. The van der Waals surface area contributed by atoms with Gasteiger partial charge in [0.2, 0.25) is 0 Å². The quantitative estimate of drug-likeness (QED) is 0.777. The van der Waals surface area contributed by atoms with E-state index in [1.54, 1.807) is 23.6 Å². The number of hydrogen-bond donors (Lipinski definition) is 2. The van der Waals surface area contributed by atoms with Gasteiger partial charge < -0.3 is 29.5 Å². The van der Waals surface area contributed by atoms with E-state index in [0.29, 0.717) is 33.2 Å². The van der Waals surface area contributed by atoms with E-state index in [1.807, 2.05) is 0 Å². The van der Waals surface area contributed by atoms with Crippen molar-refractivity contribution in [2.45, 2.75) is 12.6 Å². The van der Waals surface area contributed by atoms with E-state index in [0.717, 1.165) is 0 Å². The lowest BCUT2D eigenvalue weighted by atomic mass is 9.95. The fourth-order valence-electron chi connectivity index (χ4n) is 3.08. The molecule has 2 heterocycles. The van der Waals surface area contributed by atoms with Crippen molar-refractivity contribution in [2.24, 2.45) is 0 Å². The predicted molar refractivity (Wildman–Crippen MR) is 99.6 cm³/mol. The number of esters is 1. The molecule has 2 aromatic rings. The molecule has 1 aliphatic rings. The molecule has 0 unspecified atom stereocenters. The molecule has 9 heteroatoms. The van der Waals surface area contributed by atoms with Crippen LogP contribution in [-0.4, -0.2) is 49.9 Å². The summed E-state index contributed by atoms with van der Waals surface area (Å²) in [5.41, 5.74) is 1.67. The molecule has 2 N–H and O–H groups in total. The number of methoxy groups -OCH3 is 3. The summed E-state index contributed by atoms with van der Waals surface area (Å²) in [6, 6.07) is 4.66. The first kappa shape index (κ1) is 19.0. The first-order chi connectivity index (χ1) is 13.0. The smallest absolute Gasteiger partial charge is 0.350 e. The largest absolute Gasteiger partial charge is 0.496 e. The second-order valence-electron chi connectivity index (χ2n) is 5.84. The fraction of sp³-hybridized carbons (Fsp3) is 0.333. The number of anilines is 1. The summed E-state index contributed by atoms with van der Waals surface area (Å²) in [5.74, 6) is 0.591. The molecular weight excluding hydrogens is 372 g/mol. The minimum Gasteiger partial charge on any atom is -0.496 e. The second kappa shape index (κ2) is 7.85. The molecule has 3 rings (SSSR count). The molecule has 0 spiro atoms. The lowest BCUT2D eigenvalue weighted by molar-refractivity contribution is 0.0607. The highest BCUT2D eigenvalue weighted by Crippen LogP contribution is 2.39. The van der Waals surface area contributed by atoms with Crippen LogP contribution in [0.25, 0.3) is 0 Å². The van der Waals surface area contributed by atoms with Crippen molar-refractivity contribution < 1.29 is 28.9 Å². The lowest BCUT2D eigenvalue weighted by Crippen LogP contribution is -2.41. The molecule has 1 aromatic carbocycles. The maximum atomic E-state index is 12.7. The van der Waals surface area contributed by atoms with Gasteiger partial charge in [-0.2, -0.15) is 0 Å². The van der Waals surface area contributed by atoms with Crippen molar-refractivity contribution in [3.05, 3.63) is 39.6 Å². The van der Waals surface area contributed by atoms with Gasteiger partial charge in [0.05, 0.1) is 40.1 Å². The highest BCUT2D eigenvalue weighted by atomic mass is 32.1. The molecule has 2 amide bonds. The number of ether oxygens (including phenoxy) is 3. The van der Waals surface area contributed by atoms with Gasteiger partial charge in [0.25, 0.3) is 0 Å². The normalized spacial score (nSPS) is 15.7. The minimum absolute atomic E-state index is 0.0834. The van der Waals surface area contributed by atoms with E-state index in [4.69, 9.17) is 14.2 Å². The zero-order valence-corrected chi connectivity index (χ0v) is 16.0. The molecule has 144 valence electrons. The number of benzene rings is 1. The summed E-state index contributed by atoms with van der Waals surface area (Å²) in [5, 5.41) is 15.0. The molecule has 0 fully saturated rings. The Labute approximate surface area is 160 Å². The van der Waals surface area contributed by atoms with Crippen LogP contribution in [0, 0.1) is 0 Å². The molecule has 1 aliphatic heterocycles. The van der Waals surface area contributed by atoms with Crippen LogP contribution in [0.1, 0.15) is 26.9 Å². The number of amides is 2.